The minimum Gasteiger partial charge on any atom is -0.381 e. The van der Waals surface area contributed by atoms with Crippen LogP contribution in [0.25, 0.3) is 10.8 Å². The molecule has 2 aliphatic heterocycles. The summed E-state index contributed by atoms with van der Waals surface area (Å²) in [6, 6.07) is 14.7. The van der Waals surface area contributed by atoms with Crippen LogP contribution in [-0.4, -0.2) is 49.7 Å². The fraction of sp³-hybridized carbons (Fsp3) is 0.500. The summed E-state index contributed by atoms with van der Waals surface area (Å²) in [5, 5.41) is 5.34. The fourth-order valence-electron chi connectivity index (χ4n) is 4.40. The molecular weight excluding hydrogens is 324 g/mol. The highest BCUT2D eigenvalue weighted by atomic mass is 16.5. The lowest BCUT2D eigenvalue weighted by molar-refractivity contribution is 0.0179. The summed E-state index contributed by atoms with van der Waals surface area (Å²) in [7, 11) is 0. The Labute approximate surface area is 155 Å². The highest BCUT2D eigenvalue weighted by Gasteiger charge is 2.27. The average Bonchev–Trinajstić information content (AvgIpc) is 2.72. The largest absolute Gasteiger partial charge is 0.381 e. The van der Waals surface area contributed by atoms with E-state index in [2.05, 4.69) is 22.3 Å². The third kappa shape index (κ3) is 3.92. The number of carbonyl (C=O) groups is 1. The molecule has 138 valence electrons. The molecule has 1 N–H and O–H groups in total. The molecule has 0 unspecified atom stereocenters. The number of hydrogen-bond acceptors (Lipinski definition) is 3. The van der Waals surface area contributed by atoms with Crippen molar-refractivity contribution in [3.8, 4) is 0 Å². The Morgan fingerprint density at radius 3 is 2.77 bits per heavy atom. The number of ether oxygens (including phenoxy) is 1. The maximum absolute atomic E-state index is 12.7. The zero-order valence-corrected chi connectivity index (χ0v) is 15.3. The van der Waals surface area contributed by atoms with Gasteiger partial charge in [-0.25, -0.2) is 0 Å². The van der Waals surface area contributed by atoms with E-state index in [0.717, 1.165) is 55.5 Å². The summed E-state index contributed by atoms with van der Waals surface area (Å²) in [5.41, 5.74) is 0.778. The number of likely N-dealkylation sites (tertiary alicyclic amines) is 1. The smallest absolute Gasteiger partial charge is 0.251 e. The van der Waals surface area contributed by atoms with Gasteiger partial charge in [0, 0.05) is 37.9 Å². The van der Waals surface area contributed by atoms with Crippen molar-refractivity contribution in [2.75, 3.05) is 32.8 Å². The Kier molecular flexibility index (Phi) is 5.51. The number of fused-ring (bicyclic) bond motifs is 1. The van der Waals surface area contributed by atoms with Crippen LogP contribution in [0.4, 0.5) is 0 Å². The van der Waals surface area contributed by atoms with Gasteiger partial charge in [-0.1, -0.05) is 36.4 Å². The molecule has 2 fully saturated rings. The maximum atomic E-state index is 12.7. The van der Waals surface area contributed by atoms with Crippen LogP contribution < -0.4 is 5.32 Å². The van der Waals surface area contributed by atoms with E-state index in [9.17, 15) is 4.79 Å². The number of nitrogens with zero attached hydrogens (tertiary/aromatic N) is 1. The minimum atomic E-state index is 0.0463. The van der Waals surface area contributed by atoms with Gasteiger partial charge < -0.3 is 10.1 Å². The van der Waals surface area contributed by atoms with Crippen LogP contribution in [0.5, 0.6) is 0 Å². The summed E-state index contributed by atoms with van der Waals surface area (Å²) in [5.74, 6) is 0.593. The number of rotatable bonds is 4. The van der Waals surface area contributed by atoms with Crippen LogP contribution in [0.3, 0.4) is 0 Å². The Morgan fingerprint density at radius 1 is 1.08 bits per heavy atom. The van der Waals surface area contributed by atoms with Crippen molar-refractivity contribution < 1.29 is 9.53 Å². The second kappa shape index (κ2) is 8.19. The van der Waals surface area contributed by atoms with Gasteiger partial charge in [0.2, 0.25) is 0 Å². The summed E-state index contributed by atoms with van der Waals surface area (Å²) in [6.07, 6.45) is 4.73. The molecule has 26 heavy (non-hydrogen) atoms. The van der Waals surface area contributed by atoms with Crippen LogP contribution in [0, 0.1) is 5.92 Å². The second-order valence-corrected chi connectivity index (χ2v) is 7.58. The van der Waals surface area contributed by atoms with Gasteiger partial charge in [-0.3, -0.25) is 9.69 Å². The van der Waals surface area contributed by atoms with E-state index in [0.29, 0.717) is 12.0 Å². The molecule has 4 nitrogen and oxygen atoms in total. The Balaban J connectivity index is 1.36. The van der Waals surface area contributed by atoms with Crippen molar-refractivity contribution in [2.24, 2.45) is 5.92 Å². The first-order valence-electron chi connectivity index (χ1n) is 9.89. The van der Waals surface area contributed by atoms with E-state index in [-0.39, 0.29) is 5.91 Å². The third-order valence-electron chi connectivity index (χ3n) is 5.84. The van der Waals surface area contributed by atoms with Gasteiger partial charge in [0.15, 0.2) is 0 Å². The lowest BCUT2D eigenvalue weighted by Crippen LogP contribution is -2.47. The van der Waals surface area contributed by atoms with E-state index in [1.807, 2.05) is 30.3 Å². The van der Waals surface area contributed by atoms with Gasteiger partial charge in [-0.05, 0) is 55.0 Å². The predicted octanol–water partition coefficient (Wildman–Crippen LogP) is 3.46. The first-order chi connectivity index (χ1) is 12.8. The summed E-state index contributed by atoms with van der Waals surface area (Å²) in [6.45, 7) is 4.84. The van der Waals surface area contributed by atoms with Crippen LogP contribution in [0.15, 0.2) is 42.5 Å². The summed E-state index contributed by atoms with van der Waals surface area (Å²) in [4.78, 5) is 15.4. The van der Waals surface area contributed by atoms with Crippen LogP contribution in [-0.2, 0) is 4.74 Å². The molecule has 0 spiro atoms. The molecular formula is C22H28N2O2. The number of benzene rings is 2. The molecule has 1 amide bonds. The first kappa shape index (κ1) is 17.5. The standard InChI is InChI=1S/C22H28N2O2/c25-22(21-9-3-7-18-6-1-2-8-20(18)21)23-15-17-5-4-12-24(16-17)19-10-13-26-14-11-19/h1-3,6-9,17,19H,4-5,10-16H2,(H,23,25)/t17-/m0/s1. The number of piperidine rings is 1. The van der Waals surface area contributed by atoms with Gasteiger partial charge in [0.05, 0.1) is 0 Å². The summed E-state index contributed by atoms with van der Waals surface area (Å²) < 4.78 is 5.50. The van der Waals surface area contributed by atoms with Crippen molar-refractivity contribution >= 4 is 16.7 Å². The predicted molar refractivity (Wildman–Crippen MR) is 104 cm³/mol. The molecule has 0 radical (unpaired) electrons. The molecule has 0 bridgehead atoms. The lowest BCUT2D eigenvalue weighted by atomic mass is 9.94. The SMILES string of the molecule is O=C(NC[C@@H]1CCCN(C2CCOCC2)C1)c1cccc2ccccc12. The van der Waals surface area contributed by atoms with E-state index >= 15 is 0 Å². The van der Waals surface area contributed by atoms with Gasteiger partial charge in [0.1, 0.15) is 0 Å². The zero-order valence-electron chi connectivity index (χ0n) is 15.3. The lowest BCUT2D eigenvalue weighted by Gasteiger charge is -2.40. The van der Waals surface area contributed by atoms with Crippen LogP contribution in [0.2, 0.25) is 0 Å². The maximum Gasteiger partial charge on any atom is 0.251 e. The number of amides is 1. The van der Waals surface area contributed by atoms with Gasteiger partial charge in [0.25, 0.3) is 5.91 Å². The fourth-order valence-corrected chi connectivity index (χ4v) is 4.40. The molecule has 2 aromatic carbocycles. The van der Waals surface area contributed by atoms with Crippen molar-refractivity contribution in [3.63, 3.8) is 0 Å². The quantitative estimate of drug-likeness (QED) is 0.916. The van der Waals surface area contributed by atoms with Gasteiger partial charge >= 0.3 is 0 Å². The molecule has 2 heterocycles. The van der Waals surface area contributed by atoms with Gasteiger partial charge in [-0.15, -0.1) is 0 Å². The Bertz CT molecular complexity index is 749. The van der Waals surface area contributed by atoms with Crippen molar-refractivity contribution in [1.82, 2.24) is 10.2 Å². The van der Waals surface area contributed by atoms with Crippen molar-refractivity contribution in [3.05, 3.63) is 48.0 Å². The molecule has 4 heteroatoms. The van der Waals surface area contributed by atoms with Crippen LogP contribution >= 0.6 is 0 Å². The third-order valence-corrected chi connectivity index (χ3v) is 5.84. The zero-order chi connectivity index (χ0) is 17.8. The summed E-state index contributed by atoms with van der Waals surface area (Å²) >= 11 is 0. The molecule has 4 rings (SSSR count). The number of nitrogens with one attached hydrogen (secondary N) is 1. The van der Waals surface area contributed by atoms with E-state index < -0.39 is 0 Å². The molecule has 0 saturated carbocycles. The number of hydrogen-bond donors (Lipinski definition) is 1. The monoisotopic (exact) mass is 352 g/mol. The molecule has 0 aliphatic carbocycles. The highest BCUT2D eigenvalue weighted by Crippen LogP contribution is 2.23. The van der Waals surface area contributed by atoms with E-state index in [1.54, 1.807) is 0 Å². The number of carbonyl (C=O) groups excluding carboxylic acids is 1. The second-order valence-electron chi connectivity index (χ2n) is 7.58. The van der Waals surface area contributed by atoms with E-state index in [1.165, 1.54) is 19.4 Å². The Hall–Kier alpha value is -1.91. The topological polar surface area (TPSA) is 41.6 Å². The minimum absolute atomic E-state index is 0.0463. The van der Waals surface area contributed by atoms with Crippen LogP contribution in [0.1, 0.15) is 36.0 Å². The molecule has 2 aromatic rings. The normalized spacial score (nSPS) is 22.4. The van der Waals surface area contributed by atoms with Crippen molar-refractivity contribution in [1.29, 1.82) is 0 Å². The van der Waals surface area contributed by atoms with E-state index in [4.69, 9.17) is 4.74 Å². The van der Waals surface area contributed by atoms with Gasteiger partial charge in [-0.2, -0.15) is 0 Å². The molecule has 0 aromatic heterocycles. The Morgan fingerprint density at radius 2 is 1.88 bits per heavy atom. The molecule has 2 aliphatic rings. The highest BCUT2D eigenvalue weighted by molar-refractivity contribution is 6.06. The average molecular weight is 352 g/mol. The van der Waals surface area contributed by atoms with Crippen molar-refractivity contribution in [2.45, 2.75) is 31.7 Å². The molecule has 2 saturated heterocycles. The molecule has 1 atom stereocenters. The first-order valence-corrected chi connectivity index (χ1v) is 9.89.